The fourth-order valence-electron chi connectivity index (χ4n) is 3.50. The molecule has 0 atom stereocenters. The maximum absolute atomic E-state index is 12.6. The minimum atomic E-state index is -4.63. The van der Waals surface area contributed by atoms with Crippen molar-refractivity contribution in [1.29, 1.82) is 0 Å². The number of hydrogen-bond donors (Lipinski definition) is 5. The number of aromatic nitrogens is 2. The summed E-state index contributed by atoms with van der Waals surface area (Å²) in [4.78, 5) is 53.3. The topological polar surface area (TPSA) is 223 Å². The van der Waals surface area contributed by atoms with Crippen LogP contribution in [0.3, 0.4) is 0 Å². The minimum absolute atomic E-state index is 0.00687. The summed E-state index contributed by atoms with van der Waals surface area (Å²) in [5.74, 6) is -1.54. The molecule has 0 saturated carbocycles. The monoisotopic (exact) mass is 748 g/mol. The van der Waals surface area contributed by atoms with Crippen LogP contribution in [-0.2, 0) is 31.7 Å². The van der Waals surface area contributed by atoms with Gasteiger partial charge < -0.3 is 20.6 Å². The van der Waals surface area contributed by atoms with Crippen LogP contribution in [-0.4, -0.2) is 66.0 Å². The summed E-state index contributed by atoms with van der Waals surface area (Å²) in [6.07, 6.45) is -4.38. The number of carbonyl (C=O) groups excluding carboxylic acids is 1. The lowest BCUT2D eigenvalue weighted by molar-refractivity contribution is -0.383. The maximum Gasteiger partial charge on any atom is 0.416 e. The van der Waals surface area contributed by atoms with E-state index in [1.807, 2.05) is 38.1 Å². The molecular formula is C25H27Cl3F3N6O9P. The number of aliphatic carboxylic acids is 1. The zero-order chi connectivity index (χ0) is 35.9. The molecule has 0 unspecified atom stereocenters. The van der Waals surface area contributed by atoms with Crippen LogP contribution in [0.1, 0.15) is 25.0 Å². The lowest BCUT2D eigenvalue weighted by Gasteiger charge is -2.16. The summed E-state index contributed by atoms with van der Waals surface area (Å²) in [6.45, 7) is 4.15. The smallest absolute Gasteiger partial charge is 0.416 e. The first-order valence-corrected chi connectivity index (χ1v) is 15.7. The molecule has 15 nitrogen and oxygen atoms in total. The van der Waals surface area contributed by atoms with Crippen molar-refractivity contribution in [2.24, 2.45) is 5.41 Å². The third-order valence-electron chi connectivity index (χ3n) is 5.79. The maximum atomic E-state index is 12.6. The van der Waals surface area contributed by atoms with Crippen molar-refractivity contribution in [3.05, 3.63) is 78.9 Å². The molecule has 1 saturated heterocycles. The Hall–Kier alpha value is -3.48. The molecule has 258 valence electrons. The summed E-state index contributed by atoms with van der Waals surface area (Å²) < 4.78 is 48.7. The second kappa shape index (κ2) is 16.1. The number of hydrogen-bond acceptors (Lipinski definition) is 9. The van der Waals surface area contributed by atoms with Crippen LogP contribution in [0.15, 0.2) is 42.6 Å². The van der Waals surface area contributed by atoms with Crippen LogP contribution in [0.5, 0.6) is 0 Å². The molecule has 1 amide bonds. The number of nitrogen functional groups attached to an aromatic ring is 1. The largest absolute Gasteiger partial charge is 0.480 e. The molecule has 1 aromatic heterocycles. The second-order valence-corrected chi connectivity index (χ2v) is 13.0. The van der Waals surface area contributed by atoms with E-state index in [4.69, 9.17) is 60.3 Å². The number of carbonyl (C=O) groups is 2. The number of amides is 1. The molecule has 3 aromatic rings. The van der Waals surface area contributed by atoms with Crippen molar-refractivity contribution >= 4 is 65.8 Å². The third kappa shape index (κ3) is 11.6. The molecule has 2 aromatic carbocycles. The van der Waals surface area contributed by atoms with E-state index in [9.17, 15) is 37.4 Å². The van der Waals surface area contributed by atoms with Gasteiger partial charge in [-0.1, -0.05) is 53.0 Å². The lowest BCUT2D eigenvalue weighted by atomic mass is 9.95. The van der Waals surface area contributed by atoms with E-state index in [0.717, 1.165) is 16.4 Å². The Balaban J connectivity index is 0.000000262. The summed E-state index contributed by atoms with van der Waals surface area (Å²) in [6, 6.07) is 8.73. The summed E-state index contributed by atoms with van der Waals surface area (Å²) in [5, 5.41) is 25.6. The standard InChI is InChI=1S/C12H14ClNO2.C10H5Cl2F3N4O2.C3H8NO5P/c1-12(2)8-16-14(11(12)15)7-9-5-3-4-6-10(9)13;11-5-1-4(10(13,14)15)2-6(12)8(5)18-9(16)7(3-17-18)19(20)21;5-3(6)1-4-2-10(7,8)9/h3-6H,7-8H2,1-2H3;1-3H,16H2;4H,1-2H2,(H,5,6)(H2,7,8,9). The predicted molar refractivity (Wildman–Crippen MR) is 164 cm³/mol. The highest BCUT2D eigenvalue weighted by Crippen LogP contribution is 2.39. The van der Waals surface area contributed by atoms with Gasteiger partial charge in [0, 0.05) is 5.02 Å². The molecule has 1 aliphatic heterocycles. The van der Waals surface area contributed by atoms with Crippen molar-refractivity contribution in [3.63, 3.8) is 0 Å². The van der Waals surface area contributed by atoms with Crippen molar-refractivity contribution in [3.8, 4) is 5.69 Å². The van der Waals surface area contributed by atoms with Gasteiger partial charge in [0.05, 0.1) is 51.9 Å². The van der Waals surface area contributed by atoms with Gasteiger partial charge in [0.25, 0.3) is 5.91 Å². The van der Waals surface area contributed by atoms with Crippen molar-refractivity contribution in [2.75, 3.05) is 25.2 Å². The van der Waals surface area contributed by atoms with E-state index in [2.05, 4.69) is 10.4 Å². The third-order valence-corrected chi connectivity index (χ3v) is 7.37. The van der Waals surface area contributed by atoms with Gasteiger partial charge in [-0.15, -0.1) is 0 Å². The Labute approximate surface area is 279 Å². The number of carboxylic acids is 1. The number of alkyl halides is 3. The fraction of sp³-hybridized carbons (Fsp3) is 0.320. The van der Waals surface area contributed by atoms with Crippen molar-refractivity contribution in [2.45, 2.75) is 26.6 Å². The van der Waals surface area contributed by atoms with Crippen molar-refractivity contribution < 1.29 is 52.0 Å². The number of benzene rings is 2. The van der Waals surface area contributed by atoms with Gasteiger partial charge >= 0.3 is 25.4 Å². The molecule has 2 heterocycles. The summed E-state index contributed by atoms with van der Waals surface area (Å²) >= 11 is 17.6. The highest BCUT2D eigenvalue weighted by molar-refractivity contribution is 7.51. The highest BCUT2D eigenvalue weighted by Gasteiger charge is 2.40. The number of nitrogens with one attached hydrogen (secondary N) is 1. The van der Waals surface area contributed by atoms with Gasteiger partial charge in [-0.05, 0) is 37.6 Å². The quantitative estimate of drug-likeness (QED) is 0.115. The van der Waals surface area contributed by atoms with Gasteiger partial charge in [0.15, 0.2) is 0 Å². The number of hydroxylamine groups is 2. The zero-order valence-corrected chi connectivity index (χ0v) is 27.4. The van der Waals surface area contributed by atoms with E-state index in [-0.39, 0.29) is 21.6 Å². The first kappa shape index (κ1) is 39.7. The molecule has 4 rings (SSSR count). The van der Waals surface area contributed by atoms with Crippen molar-refractivity contribution in [1.82, 2.24) is 20.2 Å². The molecule has 0 bridgehead atoms. The molecule has 1 fully saturated rings. The van der Waals surface area contributed by atoms with Crippen LogP contribution in [0, 0.1) is 15.5 Å². The Kier molecular flexibility index (Phi) is 13.6. The molecule has 6 N–H and O–H groups in total. The van der Waals surface area contributed by atoms with Crippen LogP contribution in [0.2, 0.25) is 15.1 Å². The van der Waals surface area contributed by atoms with Crippen LogP contribution < -0.4 is 11.1 Å². The second-order valence-electron chi connectivity index (χ2n) is 10.1. The van der Waals surface area contributed by atoms with Crippen LogP contribution in [0.25, 0.3) is 5.69 Å². The molecule has 22 heteroatoms. The average molecular weight is 750 g/mol. The minimum Gasteiger partial charge on any atom is -0.480 e. The lowest BCUT2D eigenvalue weighted by Crippen LogP contribution is -2.30. The van der Waals surface area contributed by atoms with E-state index in [1.54, 1.807) is 0 Å². The van der Waals surface area contributed by atoms with Gasteiger partial charge in [-0.3, -0.25) is 34.4 Å². The van der Waals surface area contributed by atoms with Crippen LogP contribution >= 0.6 is 42.4 Å². The van der Waals surface area contributed by atoms with Gasteiger partial charge in [0.1, 0.15) is 11.9 Å². The molecule has 1 aliphatic rings. The Morgan fingerprint density at radius 2 is 1.77 bits per heavy atom. The number of nitrogens with zero attached hydrogens (tertiary/aromatic N) is 4. The highest BCUT2D eigenvalue weighted by atomic mass is 35.5. The summed E-state index contributed by atoms with van der Waals surface area (Å²) in [7, 11) is -4.10. The first-order valence-electron chi connectivity index (χ1n) is 12.7. The number of rotatable bonds is 8. The first-order chi connectivity index (χ1) is 21.5. The van der Waals surface area contributed by atoms with Gasteiger partial charge in [-0.2, -0.15) is 18.3 Å². The normalized spacial score (nSPS) is 14.2. The molecular weight excluding hydrogens is 723 g/mol. The fourth-order valence-corrected chi connectivity index (χ4v) is 4.75. The van der Waals surface area contributed by atoms with E-state index in [1.165, 1.54) is 5.06 Å². The number of carboxylic acid groups (broad SMARTS) is 1. The average Bonchev–Trinajstić information content (AvgIpc) is 3.43. The van der Waals surface area contributed by atoms with Gasteiger partial charge in [-0.25, -0.2) is 9.75 Å². The number of nitrogens with two attached hydrogens (primary N) is 1. The molecule has 0 spiro atoms. The Morgan fingerprint density at radius 1 is 1.19 bits per heavy atom. The van der Waals surface area contributed by atoms with Gasteiger partial charge in [0.2, 0.25) is 5.82 Å². The molecule has 47 heavy (non-hydrogen) atoms. The Morgan fingerprint density at radius 3 is 2.19 bits per heavy atom. The molecule has 0 radical (unpaired) electrons. The summed E-state index contributed by atoms with van der Waals surface area (Å²) in [5.41, 5.74) is 4.25. The number of anilines is 1. The molecule has 0 aliphatic carbocycles. The zero-order valence-electron chi connectivity index (χ0n) is 24.2. The van der Waals surface area contributed by atoms with E-state index in [0.29, 0.717) is 30.3 Å². The van der Waals surface area contributed by atoms with Crippen LogP contribution in [0.4, 0.5) is 24.7 Å². The SMILES string of the molecule is CC1(C)CON(Cc2ccccc2Cl)C1=O.Nc1c([N+](=O)[O-])cnn1-c1c(Cl)cc(C(F)(F)F)cc1Cl.O=C(O)CNCP(=O)(O)O. The number of halogens is 6. The predicted octanol–water partition coefficient (Wildman–Crippen LogP) is 5.12. The van der Waals surface area contributed by atoms with E-state index < -0.39 is 60.0 Å². The van der Waals surface area contributed by atoms with E-state index >= 15 is 0 Å². The number of nitro groups is 1. The Bertz CT molecular complexity index is 1650.